The second-order valence-electron chi connectivity index (χ2n) is 11.8. The van der Waals surface area contributed by atoms with Gasteiger partial charge < -0.3 is 29.2 Å². The number of nitrogens with two attached hydrogens (primary N) is 2. The molecule has 4 aromatic rings. The summed E-state index contributed by atoms with van der Waals surface area (Å²) in [4.78, 5) is 15.3. The monoisotopic (exact) mass is 859 g/mol. The Morgan fingerprint density at radius 1 is 0.596 bits per heavy atom. The Hall–Kier alpha value is -4.55. The first-order chi connectivity index (χ1) is 26.2. The predicted octanol–water partition coefficient (Wildman–Crippen LogP) is 2.08. The molecule has 0 aliphatic carbocycles. The minimum Gasteiger partial charge on any atom is -0.497 e. The topological polar surface area (TPSA) is 287 Å². The summed E-state index contributed by atoms with van der Waals surface area (Å²) in [6.07, 6.45) is 2.43. The van der Waals surface area contributed by atoms with Crippen molar-refractivity contribution in [2.24, 2.45) is 10.3 Å². The van der Waals surface area contributed by atoms with Crippen LogP contribution in [0.1, 0.15) is 62.9 Å². The Labute approximate surface area is 335 Å². The van der Waals surface area contributed by atoms with E-state index in [0.717, 1.165) is 22.6 Å². The van der Waals surface area contributed by atoms with Crippen LogP contribution in [-0.2, 0) is 43.2 Å². The molecule has 0 amide bonds. The summed E-state index contributed by atoms with van der Waals surface area (Å²) in [7, 11) is -4.89. The number of primary sulfonamides is 2. The van der Waals surface area contributed by atoms with Gasteiger partial charge in [0.05, 0.1) is 70.4 Å². The van der Waals surface area contributed by atoms with E-state index >= 15 is 0 Å². The van der Waals surface area contributed by atoms with Crippen LogP contribution in [-0.4, -0.2) is 104 Å². The Bertz CT molecular complexity index is 1980. The average Bonchev–Trinajstić information content (AvgIpc) is 3.19. The molecule has 2 heterocycles. The van der Waals surface area contributed by atoms with Crippen LogP contribution >= 0.6 is 0 Å². The van der Waals surface area contributed by atoms with Gasteiger partial charge in [-0.3, -0.25) is 9.97 Å². The Balaban J connectivity index is 0.000000438. The van der Waals surface area contributed by atoms with Gasteiger partial charge in [-0.05, 0) is 56.2 Å². The van der Waals surface area contributed by atoms with Crippen LogP contribution in [0.25, 0.3) is 0 Å². The van der Waals surface area contributed by atoms with Crippen LogP contribution in [0.15, 0.2) is 73.3 Å². The number of aliphatic hydroxyl groups excluding tert-OH is 2. The van der Waals surface area contributed by atoms with Gasteiger partial charge in [0.15, 0.2) is 0 Å². The number of methoxy groups -OCH3 is 4. The summed E-state index contributed by atoms with van der Waals surface area (Å²) in [5, 5.41) is 26.9. The van der Waals surface area contributed by atoms with Crippen molar-refractivity contribution in [3.05, 3.63) is 95.8 Å². The maximum absolute atomic E-state index is 12.4. The molecule has 4 rings (SSSR count). The Kier molecular flexibility index (Phi) is 20.4. The maximum atomic E-state index is 12.4. The van der Waals surface area contributed by atoms with Gasteiger partial charge in [0, 0.05) is 13.1 Å². The molecule has 318 valence electrons. The molecular formula is C35H53N7O12S3. The smallest absolute Gasteiger partial charge is 0.231 e. The second kappa shape index (κ2) is 23.0. The zero-order chi connectivity index (χ0) is 42.3. The van der Waals surface area contributed by atoms with Crippen molar-refractivity contribution < 1.29 is 54.4 Å². The molecule has 19 nitrogen and oxygen atoms in total. The molecule has 22 heteroatoms. The summed E-state index contributed by atoms with van der Waals surface area (Å²) in [6.45, 7) is 4.90. The molecule has 0 saturated heterocycles. The van der Waals surface area contributed by atoms with E-state index < -0.39 is 52.8 Å². The molecule has 0 unspecified atom stereocenters. The van der Waals surface area contributed by atoms with Crippen molar-refractivity contribution in [3.63, 3.8) is 0 Å². The van der Waals surface area contributed by atoms with Gasteiger partial charge in [0.25, 0.3) is 0 Å². The van der Waals surface area contributed by atoms with Gasteiger partial charge >= 0.3 is 0 Å². The number of benzene rings is 2. The molecule has 0 fully saturated rings. The highest BCUT2D eigenvalue weighted by atomic mass is 32.2. The number of aliphatic hydroxyl groups is 2. The van der Waals surface area contributed by atoms with E-state index in [-0.39, 0.29) is 36.3 Å². The molecule has 0 aliphatic heterocycles. The molecule has 0 spiro atoms. The van der Waals surface area contributed by atoms with Crippen LogP contribution in [0.4, 0.5) is 0 Å². The van der Waals surface area contributed by atoms with E-state index in [1.165, 1.54) is 57.2 Å². The second-order valence-corrected chi connectivity index (χ2v) is 17.9. The first-order valence-corrected chi connectivity index (χ1v) is 21.4. The molecule has 0 bridgehead atoms. The number of rotatable bonds is 16. The number of sulfonamides is 3. The number of hydrogen-bond donors (Lipinski definition) is 4. The largest absolute Gasteiger partial charge is 0.497 e. The van der Waals surface area contributed by atoms with Crippen LogP contribution in [0, 0.1) is 0 Å². The number of nitrogens with zero attached hydrogens (tertiary/aromatic N) is 5. The predicted molar refractivity (Wildman–Crippen MR) is 214 cm³/mol. The average molecular weight is 860 g/mol. The highest BCUT2D eigenvalue weighted by Crippen LogP contribution is 2.21. The summed E-state index contributed by atoms with van der Waals surface area (Å²) >= 11 is 0. The van der Waals surface area contributed by atoms with E-state index in [9.17, 15) is 35.5 Å². The highest BCUT2D eigenvalue weighted by molar-refractivity contribution is 7.90. The van der Waals surface area contributed by atoms with Crippen molar-refractivity contribution in [1.82, 2.24) is 24.2 Å². The van der Waals surface area contributed by atoms with Crippen LogP contribution in [0.5, 0.6) is 23.3 Å². The summed E-state index contributed by atoms with van der Waals surface area (Å²) < 4.78 is 90.2. The zero-order valence-corrected chi connectivity index (χ0v) is 34.4. The first kappa shape index (κ1) is 50.5. The zero-order valence-electron chi connectivity index (χ0n) is 32.0. The minimum absolute atomic E-state index is 0. The van der Waals surface area contributed by atoms with E-state index in [2.05, 4.69) is 19.9 Å². The third-order valence-corrected chi connectivity index (χ3v) is 12.4. The van der Waals surface area contributed by atoms with E-state index in [4.69, 9.17) is 29.2 Å². The number of aromatic nitrogens is 4. The fourth-order valence-corrected chi connectivity index (χ4v) is 6.37. The molecule has 0 saturated carbocycles. The lowest BCUT2D eigenvalue weighted by atomic mass is 10.2. The number of hydrogen-bond acceptors (Lipinski definition) is 16. The fraction of sp³-hybridized carbons (Fsp3) is 0.429. The third-order valence-electron chi connectivity index (χ3n) is 8.04. The lowest BCUT2D eigenvalue weighted by Gasteiger charge is -2.22. The molecule has 4 atom stereocenters. The van der Waals surface area contributed by atoms with Crippen molar-refractivity contribution in [1.29, 1.82) is 0 Å². The number of ether oxygens (including phenoxy) is 4. The van der Waals surface area contributed by atoms with Gasteiger partial charge in [-0.15, -0.1) is 0 Å². The lowest BCUT2D eigenvalue weighted by Crippen LogP contribution is -2.31. The summed E-state index contributed by atoms with van der Waals surface area (Å²) in [5.74, 6) is 2.12. The summed E-state index contributed by atoms with van der Waals surface area (Å²) in [6, 6.07) is 14.9. The molecule has 6 N–H and O–H groups in total. The molecule has 57 heavy (non-hydrogen) atoms. The van der Waals surface area contributed by atoms with Crippen molar-refractivity contribution in [2.75, 3.05) is 34.2 Å². The fourth-order valence-electron chi connectivity index (χ4n) is 4.31. The molecular weight excluding hydrogens is 807 g/mol. The van der Waals surface area contributed by atoms with Gasteiger partial charge in [0.1, 0.15) is 34.2 Å². The van der Waals surface area contributed by atoms with Crippen molar-refractivity contribution in [2.45, 2.75) is 64.0 Å². The third kappa shape index (κ3) is 16.1. The molecule has 2 aromatic heterocycles. The standard InChI is InChI=1S/C18H23NO4S.2C8H13N3O4S.CH4/c1-4-24(20,21)19(13-15-5-9-17(22-2)10-6-15)14-16-7-11-18(23-3)12-8-16;2*1-5(16(9,13)14)8(12)6-3-11-7(15-2)4-10-6;/h5-12H,4,13-14H2,1-3H3;2*3-5,8,12H,1-2H3,(H2,9,13,14);1H4/t;2*5-,8-;/m.10./s1. The SMILES string of the molecule is C.CCS(=O)(=O)N(Cc1ccc(OC)cc1)Cc1ccc(OC)cc1.COc1cnc([C@@H](O)[C@H](C)S(N)(=O)=O)cn1.COc1cnc([C@H](O)[C@@H](C)S(N)(=O)=O)cn1. The molecule has 0 aliphatic rings. The normalized spacial score (nSPS) is 13.5. The molecule has 2 aromatic carbocycles. The quantitative estimate of drug-likeness (QED) is 0.125. The van der Waals surface area contributed by atoms with Gasteiger partial charge in [-0.25, -0.2) is 45.5 Å². The highest BCUT2D eigenvalue weighted by Gasteiger charge is 2.28. The van der Waals surface area contributed by atoms with E-state index in [1.807, 2.05) is 48.5 Å². The van der Waals surface area contributed by atoms with Gasteiger partial charge in [-0.1, -0.05) is 31.7 Å². The van der Waals surface area contributed by atoms with Gasteiger partial charge in [0.2, 0.25) is 41.8 Å². The van der Waals surface area contributed by atoms with Crippen molar-refractivity contribution in [3.8, 4) is 23.3 Å². The lowest BCUT2D eigenvalue weighted by molar-refractivity contribution is 0.170. The maximum Gasteiger partial charge on any atom is 0.231 e. The molecule has 0 radical (unpaired) electrons. The Morgan fingerprint density at radius 2 is 0.930 bits per heavy atom. The van der Waals surface area contributed by atoms with E-state index in [0.29, 0.717) is 13.1 Å². The minimum atomic E-state index is -3.81. The van der Waals surface area contributed by atoms with E-state index in [1.54, 1.807) is 21.1 Å². The van der Waals surface area contributed by atoms with Crippen LogP contribution in [0.3, 0.4) is 0 Å². The van der Waals surface area contributed by atoms with Crippen LogP contribution in [0.2, 0.25) is 0 Å². The van der Waals surface area contributed by atoms with Gasteiger partial charge in [-0.2, -0.15) is 4.31 Å². The van der Waals surface area contributed by atoms with Crippen molar-refractivity contribution >= 4 is 30.1 Å². The first-order valence-electron chi connectivity index (χ1n) is 16.5. The van der Waals surface area contributed by atoms with Crippen LogP contribution < -0.4 is 29.2 Å². The summed E-state index contributed by atoms with van der Waals surface area (Å²) in [5.41, 5.74) is 2.09. The Morgan fingerprint density at radius 3 is 1.16 bits per heavy atom.